The fourth-order valence-electron chi connectivity index (χ4n) is 2.78. The lowest BCUT2D eigenvalue weighted by atomic mass is 10.1. The summed E-state index contributed by atoms with van der Waals surface area (Å²) < 4.78 is 1.56. The molecule has 2 amide bonds. The van der Waals surface area contributed by atoms with Crippen molar-refractivity contribution in [3.05, 3.63) is 70.6 Å². The first kappa shape index (κ1) is 17.8. The van der Waals surface area contributed by atoms with Crippen LogP contribution in [0.1, 0.15) is 31.8 Å². The smallest absolute Gasteiger partial charge is 0.261 e. The average molecular weight is 392 g/mol. The van der Waals surface area contributed by atoms with E-state index in [1.165, 1.54) is 17.5 Å². The van der Waals surface area contributed by atoms with Crippen LogP contribution < -0.4 is 10.6 Å². The van der Waals surface area contributed by atoms with Gasteiger partial charge in [-0.25, -0.2) is 14.5 Å². The van der Waals surface area contributed by atoms with Crippen molar-refractivity contribution in [1.82, 2.24) is 19.6 Å². The molecule has 0 unspecified atom stereocenters. The Morgan fingerprint density at radius 3 is 2.64 bits per heavy atom. The highest BCUT2D eigenvalue weighted by molar-refractivity contribution is 7.13. The van der Waals surface area contributed by atoms with E-state index in [0.717, 1.165) is 5.56 Å². The number of amides is 2. The Morgan fingerprint density at radius 1 is 1.04 bits per heavy atom. The van der Waals surface area contributed by atoms with Crippen molar-refractivity contribution >= 4 is 39.6 Å². The van der Waals surface area contributed by atoms with Crippen molar-refractivity contribution in [2.24, 2.45) is 0 Å². The number of hydrogen-bond donors (Lipinski definition) is 2. The molecule has 3 heterocycles. The highest BCUT2D eigenvalue weighted by atomic mass is 32.1. The summed E-state index contributed by atoms with van der Waals surface area (Å²) >= 11 is 1.34. The quantitative estimate of drug-likeness (QED) is 0.555. The summed E-state index contributed by atoms with van der Waals surface area (Å²) in [6.07, 6.45) is 6.58. The highest BCUT2D eigenvalue weighted by Gasteiger charge is 2.17. The number of carbonyl (C=O) groups excluding carboxylic acids is 2. The number of anilines is 2. The summed E-state index contributed by atoms with van der Waals surface area (Å²) in [5, 5.41) is 12.1. The second-order valence-electron chi connectivity index (χ2n) is 6.18. The van der Waals surface area contributed by atoms with Gasteiger partial charge in [-0.3, -0.25) is 14.9 Å². The van der Waals surface area contributed by atoms with Crippen molar-refractivity contribution in [2.75, 3.05) is 10.6 Å². The lowest BCUT2D eigenvalue weighted by molar-refractivity contribution is 0.101. The van der Waals surface area contributed by atoms with E-state index in [0.29, 0.717) is 33.2 Å². The van der Waals surface area contributed by atoms with Gasteiger partial charge in [0, 0.05) is 35.2 Å². The van der Waals surface area contributed by atoms with Gasteiger partial charge in [-0.1, -0.05) is 6.07 Å². The van der Waals surface area contributed by atoms with E-state index in [1.807, 2.05) is 6.92 Å². The van der Waals surface area contributed by atoms with Crippen molar-refractivity contribution in [2.45, 2.75) is 13.8 Å². The molecular formula is C19H16N6O2S. The third kappa shape index (κ3) is 3.35. The molecule has 0 radical (unpaired) electrons. The molecule has 28 heavy (non-hydrogen) atoms. The summed E-state index contributed by atoms with van der Waals surface area (Å²) in [5.41, 5.74) is 3.43. The van der Waals surface area contributed by atoms with Crippen LogP contribution in [-0.4, -0.2) is 31.4 Å². The van der Waals surface area contributed by atoms with Crippen molar-refractivity contribution in [3.63, 3.8) is 0 Å². The van der Waals surface area contributed by atoms with Gasteiger partial charge in [0.15, 0.2) is 10.8 Å². The second-order valence-corrected chi connectivity index (χ2v) is 7.08. The van der Waals surface area contributed by atoms with Gasteiger partial charge in [-0.05, 0) is 37.1 Å². The van der Waals surface area contributed by atoms with E-state index in [1.54, 1.807) is 53.6 Å². The first-order valence-electron chi connectivity index (χ1n) is 8.45. The molecule has 0 spiro atoms. The molecule has 4 aromatic rings. The molecule has 0 aliphatic heterocycles. The normalized spacial score (nSPS) is 10.8. The molecule has 3 aromatic heterocycles. The van der Waals surface area contributed by atoms with E-state index in [-0.39, 0.29) is 11.8 Å². The molecule has 4 rings (SSSR count). The molecule has 0 atom stereocenters. The maximum atomic E-state index is 12.8. The maximum absolute atomic E-state index is 12.8. The fraction of sp³-hybridized carbons (Fsp3) is 0.105. The Kier molecular flexibility index (Phi) is 4.58. The van der Waals surface area contributed by atoms with Gasteiger partial charge in [-0.15, -0.1) is 11.3 Å². The molecule has 0 aliphatic carbocycles. The lowest BCUT2D eigenvalue weighted by Gasteiger charge is -2.11. The molecule has 9 heteroatoms. The molecule has 0 aliphatic rings. The van der Waals surface area contributed by atoms with Crippen LogP contribution in [0.15, 0.2) is 48.4 Å². The molecule has 1 aromatic carbocycles. The number of benzene rings is 1. The van der Waals surface area contributed by atoms with Gasteiger partial charge in [0.05, 0.1) is 6.20 Å². The summed E-state index contributed by atoms with van der Waals surface area (Å²) in [6, 6.07) is 5.17. The molecule has 8 nitrogen and oxygen atoms in total. The summed E-state index contributed by atoms with van der Waals surface area (Å²) in [7, 11) is 0. The number of thiazole rings is 1. The molecular weight excluding hydrogens is 376 g/mol. The monoisotopic (exact) mass is 392 g/mol. The number of carbonyl (C=O) groups is 2. The van der Waals surface area contributed by atoms with Crippen LogP contribution in [0.25, 0.3) is 5.65 Å². The Bertz CT molecular complexity index is 1180. The minimum absolute atomic E-state index is 0.281. The van der Waals surface area contributed by atoms with Crippen LogP contribution in [0.5, 0.6) is 0 Å². The zero-order valence-corrected chi connectivity index (χ0v) is 15.9. The van der Waals surface area contributed by atoms with Gasteiger partial charge < -0.3 is 5.32 Å². The van der Waals surface area contributed by atoms with E-state index in [2.05, 4.69) is 25.7 Å². The third-order valence-electron chi connectivity index (χ3n) is 4.21. The summed E-state index contributed by atoms with van der Waals surface area (Å²) in [4.78, 5) is 33.6. The number of fused-ring (bicyclic) bond motifs is 1. The SMILES string of the molecule is Cc1cnc2c(C(=O)Nc3cccc(C(=O)Nc4nccs4)c3C)cnn2c1. The Morgan fingerprint density at radius 2 is 1.86 bits per heavy atom. The third-order valence-corrected chi connectivity index (χ3v) is 4.90. The van der Waals surface area contributed by atoms with E-state index in [9.17, 15) is 9.59 Å². The zero-order valence-electron chi connectivity index (χ0n) is 15.1. The summed E-state index contributed by atoms with van der Waals surface area (Å²) in [5.74, 6) is -0.622. The van der Waals surface area contributed by atoms with Crippen LogP contribution in [0.4, 0.5) is 10.8 Å². The van der Waals surface area contributed by atoms with Crippen molar-refractivity contribution in [3.8, 4) is 0 Å². The summed E-state index contributed by atoms with van der Waals surface area (Å²) in [6.45, 7) is 3.68. The van der Waals surface area contributed by atoms with Gasteiger partial charge in [-0.2, -0.15) is 5.10 Å². The topological polar surface area (TPSA) is 101 Å². The molecule has 2 N–H and O–H groups in total. The number of aromatic nitrogens is 4. The number of nitrogens with zero attached hydrogens (tertiary/aromatic N) is 4. The standard InChI is InChI=1S/C19H16N6O2S/c1-11-8-21-16-14(9-22-25(16)10-11)18(27)23-15-5-3-4-13(12(15)2)17(26)24-19-20-6-7-28-19/h3-10H,1-2H3,(H,23,27)(H,20,24,26). The van der Waals surface area contributed by atoms with Crippen molar-refractivity contribution in [1.29, 1.82) is 0 Å². The molecule has 0 saturated carbocycles. The maximum Gasteiger partial charge on any atom is 0.261 e. The average Bonchev–Trinajstić information content (AvgIpc) is 3.32. The van der Waals surface area contributed by atoms with Crippen LogP contribution in [0.3, 0.4) is 0 Å². The Hall–Kier alpha value is -3.59. The van der Waals surface area contributed by atoms with Gasteiger partial charge in [0.25, 0.3) is 11.8 Å². The number of rotatable bonds is 4. The second kappa shape index (κ2) is 7.20. The molecule has 0 saturated heterocycles. The number of nitrogens with one attached hydrogen (secondary N) is 2. The number of hydrogen-bond acceptors (Lipinski definition) is 6. The van der Waals surface area contributed by atoms with Crippen LogP contribution in [0.2, 0.25) is 0 Å². The lowest BCUT2D eigenvalue weighted by Crippen LogP contribution is -2.17. The zero-order chi connectivity index (χ0) is 19.7. The van der Waals surface area contributed by atoms with Gasteiger partial charge in [0.1, 0.15) is 5.56 Å². The number of aryl methyl sites for hydroxylation is 1. The fourth-order valence-corrected chi connectivity index (χ4v) is 3.31. The highest BCUT2D eigenvalue weighted by Crippen LogP contribution is 2.22. The van der Waals surface area contributed by atoms with Crippen LogP contribution in [0, 0.1) is 13.8 Å². The minimum atomic E-state index is -0.341. The molecule has 0 bridgehead atoms. The predicted molar refractivity (Wildman–Crippen MR) is 107 cm³/mol. The van der Waals surface area contributed by atoms with E-state index in [4.69, 9.17) is 0 Å². The first-order chi connectivity index (χ1) is 13.5. The predicted octanol–water partition coefficient (Wildman–Crippen LogP) is 3.31. The van der Waals surface area contributed by atoms with Crippen LogP contribution in [-0.2, 0) is 0 Å². The first-order valence-corrected chi connectivity index (χ1v) is 9.32. The van der Waals surface area contributed by atoms with E-state index >= 15 is 0 Å². The van der Waals surface area contributed by atoms with Gasteiger partial charge in [0.2, 0.25) is 0 Å². The Labute approximate surface area is 164 Å². The van der Waals surface area contributed by atoms with Gasteiger partial charge >= 0.3 is 0 Å². The van der Waals surface area contributed by atoms with Crippen molar-refractivity contribution < 1.29 is 9.59 Å². The molecule has 0 fully saturated rings. The molecule has 140 valence electrons. The van der Waals surface area contributed by atoms with Crippen LogP contribution >= 0.6 is 11.3 Å². The van der Waals surface area contributed by atoms with E-state index < -0.39 is 0 Å². The largest absolute Gasteiger partial charge is 0.322 e. The minimum Gasteiger partial charge on any atom is -0.322 e. The Balaban J connectivity index is 1.59.